The summed E-state index contributed by atoms with van der Waals surface area (Å²) in [5.41, 5.74) is 1.37. The highest BCUT2D eigenvalue weighted by atomic mass is 32.2. The van der Waals surface area contributed by atoms with E-state index in [1.165, 1.54) is 43.4 Å². The van der Waals surface area contributed by atoms with Crippen LogP contribution in [0.3, 0.4) is 0 Å². The number of hydrogen-bond acceptors (Lipinski definition) is 6. The van der Waals surface area contributed by atoms with Crippen LogP contribution in [0.1, 0.15) is 50.5 Å². The number of nitrogens with zero attached hydrogens (tertiary/aromatic N) is 1. The van der Waals surface area contributed by atoms with Crippen molar-refractivity contribution in [3.63, 3.8) is 0 Å². The molecule has 2 atom stereocenters. The molecule has 1 unspecified atom stereocenters. The number of likely N-dealkylation sites (tertiary alicyclic amines) is 1. The predicted molar refractivity (Wildman–Crippen MR) is 143 cm³/mol. The second-order valence-electron chi connectivity index (χ2n) is 9.96. The lowest BCUT2D eigenvalue weighted by molar-refractivity contribution is -0.123. The van der Waals surface area contributed by atoms with E-state index < -0.39 is 0 Å². The number of rotatable bonds is 11. The molecule has 1 aromatic rings. The van der Waals surface area contributed by atoms with Crippen molar-refractivity contribution in [1.82, 2.24) is 20.9 Å². The summed E-state index contributed by atoms with van der Waals surface area (Å²) in [5.74, 6) is 5.32. The van der Waals surface area contributed by atoms with Gasteiger partial charge in [-0.2, -0.15) is 11.8 Å². The van der Waals surface area contributed by atoms with Crippen molar-refractivity contribution in [2.45, 2.75) is 69.6 Å². The Labute approximate surface area is 209 Å². The molecule has 5 nitrogen and oxygen atoms in total. The minimum absolute atomic E-state index is 0.0895. The van der Waals surface area contributed by atoms with Crippen LogP contribution in [0.2, 0.25) is 0 Å². The van der Waals surface area contributed by atoms with Crippen molar-refractivity contribution in [2.24, 2.45) is 5.92 Å². The Hall–Kier alpha value is -0.730. The zero-order valence-electron chi connectivity index (χ0n) is 20.0. The summed E-state index contributed by atoms with van der Waals surface area (Å²) in [6.45, 7) is 4.00. The highest BCUT2D eigenvalue weighted by Gasteiger charge is 2.26. The van der Waals surface area contributed by atoms with Crippen LogP contribution in [0, 0.1) is 5.92 Å². The van der Waals surface area contributed by atoms with Crippen LogP contribution in [0.25, 0.3) is 0 Å². The summed E-state index contributed by atoms with van der Waals surface area (Å²) in [6, 6.07) is 11.4. The number of carbonyl (C=O) groups is 1. The highest BCUT2D eigenvalue weighted by molar-refractivity contribution is 7.99. The maximum atomic E-state index is 13.2. The van der Waals surface area contributed by atoms with Crippen molar-refractivity contribution in [2.75, 3.05) is 42.8 Å². The standard InChI is InChI=1S/C26H42N4OS2/c31-26(29-23-11-13-30(14-12-23)16-21-7-3-1-4-8-21)25(27-15-24-18-33-20-28-24)19-32-17-22-9-5-2-6-10-22/h1,3-4,7-8,22-25,27-28H,2,5-6,9-20H2,(H,29,31)/t24-,25?/m1/s1. The van der Waals surface area contributed by atoms with Gasteiger partial charge in [0.1, 0.15) is 0 Å². The van der Waals surface area contributed by atoms with Crippen molar-refractivity contribution in [3.05, 3.63) is 35.9 Å². The van der Waals surface area contributed by atoms with Gasteiger partial charge in [-0.15, -0.1) is 11.8 Å². The van der Waals surface area contributed by atoms with Gasteiger partial charge in [-0.25, -0.2) is 0 Å². The summed E-state index contributed by atoms with van der Waals surface area (Å²) < 4.78 is 0. The molecule has 0 aromatic heterocycles. The molecular weight excluding hydrogens is 448 g/mol. The van der Waals surface area contributed by atoms with Crippen LogP contribution >= 0.6 is 23.5 Å². The van der Waals surface area contributed by atoms with E-state index in [4.69, 9.17) is 0 Å². The second kappa shape index (κ2) is 14.0. The van der Waals surface area contributed by atoms with Gasteiger partial charge < -0.3 is 16.0 Å². The largest absolute Gasteiger partial charge is 0.352 e. The highest BCUT2D eigenvalue weighted by Crippen LogP contribution is 2.27. The van der Waals surface area contributed by atoms with Crippen LogP contribution < -0.4 is 16.0 Å². The molecule has 0 spiro atoms. The number of benzene rings is 1. The molecule has 1 aromatic carbocycles. The molecule has 1 saturated carbocycles. The number of thioether (sulfide) groups is 2. The lowest BCUT2D eigenvalue weighted by Gasteiger charge is -2.33. The normalized spacial score (nSPS) is 24.1. The number of carbonyl (C=O) groups excluding carboxylic acids is 1. The lowest BCUT2D eigenvalue weighted by atomic mass is 9.91. The second-order valence-corrected chi connectivity index (χ2v) is 12.1. The number of piperidine rings is 1. The van der Waals surface area contributed by atoms with Crippen molar-refractivity contribution < 1.29 is 4.79 Å². The Morgan fingerprint density at radius 2 is 1.91 bits per heavy atom. The van der Waals surface area contributed by atoms with Gasteiger partial charge >= 0.3 is 0 Å². The molecule has 3 fully saturated rings. The first-order chi connectivity index (χ1) is 16.3. The molecule has 3 N–H and O–H groups in total. The lowest BCUT2D eigenvalue weighted by Crippen LogP contribution is -2.53. The minimum Gasteiger partial charge on any atom is -0.352 e. The van der Waals surface area contributed by atoms with Crippen LogP contribution in [-0.4, -0.2) is 71.7 Å². The molecule has 0 radical (unpaired) electrons. The molecule has 33 heavy (non-hydrogen) atoms. The third-order valence-electron chi connectivity index (χ3n) is 7.27. The summed E-state index contributed by atoms with van der Waals surface area (Å²) in [6.07, 6.45) is 9.03. The fraction of sp³-hybridized carbons (Fsp3) is 0.731. The van der Waals surface area contributed by atoms with Gasteiger partial charge in [-0.3, -0.25) is 9.69 Å². The van der Waals surface area contributed by atoms with E-state index >= 15 is 0 Å². The zero-order chi connectivity index (χ0) is 22.7. The Balaban J connectivity index is 1.21. The number of hydrogen-bond donors (Lipinski definition) is 3. The number of amides is 1. The topological polar surface area (TPSA) is 56.4 Å². The van der Waals surface area contributed by atoms with E-state index in [1.54, 1.807) is 0 Å². The Morgan fingerprint density at radius 1 is 1.12 bits per heavy atom. The van der Waals surface area contributed by atoms with Crippen molar-refractivity contribution in [3.8, 4) is 0 Å². The molecule has 3 aliphatic rings. The van der Waals surface area contributed by atoms with Crippen LogP contribution in [0.15, 0.2) is 30.3 Å². The van der Waals surface area contributed by atoms with E-state index in [0.717, 1.165) is 62.3 Å². The van der Waals surface area contributed by atoms with Gasteiger partial charge in [-0.1, -0.05) is 49.6 Å². The summed E-state index contributed by atoms with van der Waals surface area (Å²) >= 11 is 3.93. The molecule has 2 heterocycles. The third-order valence-corrected chi connectivity index (χ3v) is 9.55. The molecule has 1 amide bonds. The quantitative estimate of drug-likeness (QED) is 0.440. The average molecular weight is 491 g/mol. The van der Waals surface area contributed by atoms with E-state index in [0.29, 0.717) is 12.1 Å². The monoisotopic (exact) mass is 490 g/mol. The Morgan fingerprint density at radius 3 is 2.64 bits per heavy atom. The molecule has 184 valence electrons. The molecule has 2 aliphatic heterocycles. The van der Waals surface area contributed by atoms with Crippen molar-refractivity contribution >= 4 is 29.4 Å². The molecule has 4 rings (SSSR count). The fourth-order valence-electron chi connectivity index (χ4n) is 5.16. The van der Waals surface area contributed by atoms with Gasteiger partial charge in [0.2, 0.25) is 5.91 Å². The molecule has 7 heteroatoms. The molecular formula is C26H42N4OS2. The number of nitrogens with one attached hydrogen (secondary N) is 3. The SMILES string of the molecule is O=C(NC1CCN(Cc2ccccc2)CC1)C(CSCC1CCCCC1)NC[C@@H]1CSCN1. The van der Waals surface area contributed by atoms with Crippen LogP contribution in [0.5, 0.6) is 0 Å². The predicted octanol–water partition coefficient (Wildman–Crippen LogP) is 3.70. The minimum atomic E-state index is -0.0895. The van der Waals surface area contributed by atoms with Crippen molar-refractivity contribution in [1.29, 1.82) is 0 Å². The Bertz CT molecular complexity index is 687. The molecule has 1 aliphatic carbocycles. The van der Waals surface area contributed by atoms with Gasteiger partial charge in [0.15, 0.2) is 0 Å². The van der Waals surface area contributed by atoms with Crippen LogP contribution in [0.4, 0.5) is 0 Å². The first kappa shape index (κ1) is 25.4. The smallest absolute Gasteiger partial charge is 0.238 e. The third kappa shape index (κ3) is 8.77. The molecule has 0 bridgehead atoms. The zero-order valence-corrected chi connectivity index (χ0v) is 21.6. The maximum Gasteiger partial charge on any atom is 0.238 e. The van der Waals surface area contributed by atoms with Gasteiger partial charge in [-0.05, 0) is 42.9 Å². The van der Waals surface area contributed by atoms with Gasteiger partial charge in [0.05, 0.1) is 6.04 Å². The Kier molecular flexibility index (Phi) is 10.7. The average Bonchev–Trinajstić information content (AvgIpc) is 3.37. The van der Waals surface area contributed by atoms with E-state index in [9.17, 15) is 4.79 Å². The first-order valence-electron chi connectivity index (χ1n) is 12.9. The van der Waals surface area contributed by atoms with E-state index in [-0.39, 0.29) is 11.9 Å². The molecule has 2 saturated heterocycles. The van der Waals surface area contributed by atoms with E-state index in [1.807, 2.05) is 23.5 Å². The van der Waals surface area contributed by atoms with E-state index in [2.05, 4.69) is 51.2 Å². The maximum absolute atomic E-state index is 13.2. The van der Waals surface area contributed by atoms with Crippen LogP contribution in [-0.2, 0) is 11.3 Å². The summed E-state index contributed by atoms with van der Waals surface area (Å²) in [7, 11) is 0. The first-order valence-corrected chi connectivity index (χ1v) is 15.3. The summed E-state index contributed by atoms with van der Waals surface area (Å²) in [5, 5.41) is 10.5. The fourth-order valence-corrected chi connectivity index (χ4v) is 7.46. The summed E-state index contributed by atoms with van der Waals surface area (Å²) in [4.78, 5) is 15.8. The van der Waals surface area contributed by atoms with Gasteiger partial charge in [0.25, 0.3) is 0 Å². The van der Waals surface area contributed by atoms with Gasteiger partial charge in [0, 0.05) is 55.6 Å².